The first kappa shape index (κ1) is 15.1. The lowest BCUT2D eigenvalue weighted by atomic mass is 10.1. The van der Waals surface area contributed by atoms with Crippen LogP contribution in [-0.2, 0) is 16.1 Å². The fraction of sp³-hybridized carbons (Fsp3) is 0.312. The lowest BCUT2D eigenvalue weighted by Gasteiger charge is -2.16. The van der Waals surface area contributed by atoms with Crippen molar-refractivity contribution >= 4 is 11.9 Å². The number of hydrogen-bond donors (Lipinski definition) is 2. The van der Waals surface area contributed by atoms with Gasteiger partial charge in [0, 0.05) is 30.6 Å². The first-order valence-corrected chi connectivity index (χ1v) is 7.25. The lowest BCUT2D eigenvalue weighted by Crippen LogP contribution is -2.25. The lowest BCUT2D eigenvalue weighted by molar-refractivity contribution is -0.141. The Hall–Kier alpha value is -2.83. The highest BCUT2D eigenvalue weighted by atomic mass is 16.5. The summed E-state index contributed by atoms with van der Waals surface area (Å²) in [4.78, 5) is 24.6. The van der Waals surface area contributed by atoms with Gasteiger partial charge in [0.15, 0.2) is 0 Å². The number of rotatable bonds is 5. The number of hydrogen-bond acceptors (Lipinski definition) is 4. The smallest absolute Gasteiger partial charge is 0.308 e. The third-order valence-electron chi connectivity index (χ3n) is 4.02. The van der Waals surface area contributed by atoms with Crippen molar-refractivity contribution < 1.29 is 19.4 Å². The number of H-pyrrole nitrogens is 1. The Morgan fingerprint density at radius 3 is 2.78 bits per heavy atom. The van der Waals surface area contributed by atoms with Crippen molar-refractivity contribution in [3.8, 4) is 17.0 Å². The van der Waals surface area contributed by atoms with Crippen molar-refractivity contribution in [1.82, 2.24) is 15.1 Å². The van der Waals surface area contributed by atoms with E-state index in [0.29, 0.717) is 6.54 Å². The molecule has 2 N–H and O–H groups in total. The minimum Gasteiger partial charge on any atom is -0.497 e. The largest absolute Gasteiger partial charge is 0.497 e. The summed E-state index contributed by atoms with van der Waals surface area (Å²) in [5.41, 5.74) is 2.61. The zero-order chi connectivity index (χ0) is 16.4. The van der Waals surface area contributed by atoms with E-state index in [1.165, 1.54) is 0 Å². The van der Waals surface area contributed by atoms with Crippen molar-refractivity contribution in [2.24, 2.45) is 5.92 Å². The van der Waals surface area contributed by atoms with E-state index < -0.39 is 11.9 Å². The number of amides is 1. The molecule has 1 aliphatic rings. The Bertz CT molecular complexity index is 723. The van der Waals surface area contributed by atoms with Crippen LogP contribution >= 0.6 is 0 Å². The summed E-state index contributed by atoms with van der Waals surface area (Å²) < 4.78 is 5.14. The molecular weight excluding hydrogens is 298 g/mol. The Balaban J connectivity index is 1.78. The summed E-state index contributed by atoms with van der Waals surface area (Å²) in [6.07, 6.45) is 1.73. The number of aliphatic carboxylic acids is 1. The van der Waals surface area contributed by atoms with Gasteiger partial charge in [-0.05, 0) is 24.3 Å². The summed E-state index contributed by atoms with van der Waals surface area (Å²) in [6.45, 7) is 0.585. The average molecular weight is 315 g/mol. The van der Waals surface area contributed by atoms with Crippen LogP contribution in [0.25, 0.3) is 11.3 Å². The number of aromatic amines is 1. The number of carboxylic acids is 1. The SMILES string of the molecule is COc1ccc(-c2[nH]ncc2CN2CC(C(=O)O)CC2=O)cc1. The van der Waals surface area contributed by atoms with Crippen LogP contribution in [0.5, 0.6) is 5.75 Å². The van der Waals surface area contributed by atoms with Crippen LogP contribution in [0.1, 0.15) is 12.0 Å². The highest BCUT2D eigenvalue weighted by Crippen LogP contribution is 2.27. The molecule has 120 valence electrons. The molecule has 7 nitrogen and oxygen atoms in total. The van der Waals surface area contributed by atoms with E-state index in [0.717, 1.165) is 22.6 Å². The van der Waals surface area contributed by atoms with Crippen LogP contribution in [-0.4, -0.2) is 45.7 Å². The van der Waals surface area contributed by atoms with Crippen molar-refractivity contribution in [3.63, 3.8) is 0 Å². The van der Waals surface area contributed by atoms with Crippen molar-refractivity contribution in [1.29, 1.82) is 0 Å². The van der Waals surface area contributed by atoms with Crippen LogP contribution < -0.4 is 4.74 Å². The molecule has 0 saturated carbocycles. The van der Waals surface area contributed by atoms with Crippen molar-refractivity contribution in [3.05, 3.63) is 36.0 Å². The minimum absolute atomic E-state index is 0.0606. The van der Waals surface area contributed by atoms with Gasteiger partial charge >= 0.3 is 5.97 Å². The number of carboxylic acid groups (broad SMARTS) is 1. The molecule has 1 amide bonds. The Labute approximate surface area is 132 Å². The normalized spacial score (nSPS) is 17.5. The molecule has 1 aromatic carbocycles. The summed E-state index contributed by atoms with van der Waals surface area (Å²) >= 11 is 0. The molecule has 1 aromatic heterocycles. The first-order chi connectivity index (χ1) is 11.1. The zero-order valence-corrected chi connectivity index (χ0v) is 12.7. The van der Waals surface area contributed by atoms with E-state index in [-0.39, 0.29) is 18.9 Å². The zero-order valence-electron chi connectivity index (χ0n) is 12.7. The van der Waals surface area contributed by atoms with Gasteiger partial charge in [0.1, 0.15) is 5.75 Å². The molecule has 7 heteroatoms. The van der Waals surface area contributed by atoms with E-state index in [4.69, 9.17) is 9.84 Å². The van der Waals surface area contributed by atoms with Gasteiger partial charge in [-0.2, -0.15) is 5.10 Å². The molecule has 1 atom stereocenters. The Morgan fingerprint density at radius 1 is 1.43 bits per heavy atom. The molecule has 2 heterocycles. The summed E-state index contributed by atoms with van der Waals surface area (Å²) in [5.74, 6) is -0.935. The van der Waals surface area contributed by atoms with Crippen molar-refractivity contribution in [2.75, 3.05) is 13.7 Å². The Morgan fingerprint density at radius 2 is 2.17 bits per heavy atom. The molecule has 23 heavy (non-hydrogen) atoms. The maximum atomic E-state index is 12.0. The number of methoxy groups -OCH3 is 1. The summed E-state index contributed by atoms with van der Waals surface area (Å²) in [6, 6.07) is 7.51. The van der Waals surface area contributed by atoms with Crippen molar-refractivity contribution in [2.45, 2.75) is 13.0 Å². The topological polar surface area (TPSA) is 95.5 Å². The molecule has 0 bridgehead atoms. The van der Waals surface area contributed by atoms with Gasteiger partial charge in [0.25, 0.3) is 0 Å². The molecule has 1 aliphatic heterocycles. The molecule has 0 radical (unpaired) electrons. The van der Waals surface area contributed by atoms with Crippen LogP contribution in [0, 0.1) is 5.92 Å². The van der Waals surface area contributed by atoms with Gasteiger partial charge in [-0.25, -0.2) is 0 Å². The maximum Gasteiger partial charge on any atom is 0.308 e. The Kier molecular flexibility index (Phi) is 4.01. The third kappa shape index (κ3) is 3.03. The number of benzene rings is 1. The van der Waals surface area contributed by atoms with Crippen LogP contribution in [0.15, 0.2) is 30.5 Å². The summed E-state index contributed by atoms with van der Waals surface area (Å²) in [5, 5.41) is 16.0. The number of nitrogens with one attached hydrogen (secondary N) is 1. The molecule has 1 saturated heterocycles. The van der Waals surface area contributed by atoms with Crippen LogP contribution in [0.4, 0.5) is 0 Å². The number of aromatic nitrogens is 2. The fourth-order valence-corrected chi connectivity index (χ4v) is 2.73. The maximum absolute atomic E-state index is 12.0. The standard InChI is InChI=1S/C16H17N3O4/c1-23-13-4-2-10(3-5-13)15-12(7-17-18-15)9-19-8-11(16(21)22)6-14(19)20/h2-5,7,11H,6,8-9H2,1H3,(H,17,18)(H,21,22). The molecule has 0 aliphatic carbocycles. The van der Waals surface area contributed by atoms with Crippen LogP contribution in [0.2, 0.25) is 0 Å². The van der Waals surface area contributed by atoms with E-state index in [9.17, 15) is 9.59 Å². The predicted molar refractivity (Wildman–Crippen MR) is 81.7 cm³/mol. The molecule has 1 unspecified atom stereocenters. The van der Waals surface area contributed by atoms with Crippen LogP contribution in [0.3, 0.4) is 0 Å². The quantitative estimate of drug-likeness (QED) is 0.872. The van der Waals surface area contributed by atoms with Gasteiger partial charge in [-0.1, -0.05) is 0 Å². The van der Waals surface area contributed by atoms with E-state index in [2.05, 4.69) is 10.2 Å². The second-order valence-electron chi connectivity index (χ2n) is 5.51. The minimum atomic E-state index is -0.927. The number of likely N-dealkylation sites (tertiary alicyclic amines) is 1. The highest BCUT2D eigenvalue weighted by molar-refractivity contribution is 5.86. The monoisotopic (exact) mass is 315 g/mol. The van der Waals surface area contributed by atoms with Gasteiger partial charge in [-0.15, -0.1) is 0 Å². The number of nitrogens with zero attached hydrogens (tertiary/aromatic N) is 2. The van der Waals surface area contributed by atoms with Gasteiger partial charge in [0.2, 0.25) is 5.91 Å². The first-order valence-electron chi connectivity index (χ1n) is 7.25. The average Bonchev–Trinajstić information content (AvgIpc) is 3.15. The third-order valence-corrected chi connectivity index (χ3v) is 4.02. The second-order valence-corrected chi connectivity index (χ2v) is 5.51. The van der Waals surface area contributed by atoms with E-state index in [1.807, 2.05) is 24.3 Å². The van der Waals surface area contributed by atoms with Gasteiger partial charge in [-0.3, -0.25) is 14.7 Å². The number of carbonyl (C=O) groups is 2. The predicted octanol–water partition coefficient (Wildman–Crippen LogP) is 1.52. The molecule has 3 rings (SSSR count). The highest BCUT2D eigenvalue weighted by Gasteiger charge is 2.34. The summed E-state index contributed by atoms with van der Waals surface area (Å²) in [7, 11) is 1.61. The van der Waals surface area contributed by atoms with E-state index >= 15 is 0 Å². The molecule has 0 spiro atoms. The molecule has 2 aromatic rings. The fourth-order valence-electron chi connectivity index (χ4n) is 2.73. The molecular formula is C16H17N3O4. The second kappa shape index (κ2) is 6.12. The van der Waals surface area contributed by atoms with E-state index in [1.54, 1.807) is 18.2 Å². The van der Waals surface area contributed by atoms with Gasteiger partial charge < -0.3 is 14.7 Å². The van der Waals surface area contributed by atoms with Gasteiger partial charge in [0.05, 0.1) is 24.9 Å². The number of carbonyl (C=O) groups excluding carboxylic acids is 1. The number of ether oxygens (including phenoxy) is 1. The molecule has 1 fully saturated rings.